The third-order valence-electron chi connectivity index (χ3n) is 3.70. The van der Waals surface area contributed by atoms with Crippen LogP contribution in [-0.2, 0) is 12.8 Å². The van der Waals surface area contributed by atoms with Gasteiger partial charge < -0.3 is 5.32 Å². The number of aryl methyl sites for hydroxylation is 1. The van der Waals surface area contributed by atoms with Crippen LogP contribution in [0.15, 0.2) is 45.9 Å². The Balaban J connectivity index is 1.87. The minimum absolute atomic E-state index is 0.194. The fourth-order valence-electron chi connectivity index (χ4n) is 2.61. The number of nitrogens with one attached hydrogen (secondary N) is 1. The molecule has 0 bridgehead atoms. The fourth-order valence-corrected chi connectivity index (χ4v) is 3.23. The van der Waals surface area contributed by atoms with Crippen LogP contribution >= 0.6 is 27.5 Å². The van der Waals surface area contributed by atoms with Crippen molar-refractivity contribution in [3.05, 3.63) is 68.4 Å². The van der Waals surface area contributed by atoms with Crippen molar-refractivity contribution in [1.82, 2.24) is 5.32 Å². The van der Waals surface area contributed by atoms with Gasteiger partial charge in [-0.3, -0.25) is 4.99 Å². The molecular formula is C17H15BrClFN2. The Bertz CT molecular complexity index is 731. The van der Waals surface area contributed by atoms with Crippen LogP contribution in [0.4, 0.5) is 4.39 Å². The van der Waals surface area contributed by atoms with Gasteiger partial charge in [0.15, 0.2) is 0 Å². The van der Waals surface area contributed by atoms with Crippen LogP contribution in [0.2, 0.25) is 5.02 Å². The molecule has 0 fully saturated rings. The van der Waals surface area contributed by atoms with Crippen molar-refractivity contribution in [3.63, 3.8) is 0 Å². The summed E-state index contributed by atoms with van der Waals surface area (Å²) in [5.74, 6) is 0.592. The lowest BCUT2D eigenvalue weighted by Gasteiger charge is -2.12. The average Bonchev–Trinajstić information content (AvgIpc) is 3.03. The Hall–Kier alpha value is -1.39. The summed E-state index contributed by atoms with van der Waals surface area (Å²) in [7, 11) is 0. The van der Waals surface area contributed by atoms with Gasteiger partial charge in [0.1, 0.15) is 11.7 Å². The normalized spacial score (nSPS) is 13.9. The van der Waals surface area contributed by atoms with Crippen LogP contribution in [0.3, 0.4) is 0 Å². The number of hydrogen-bond donors (Lipinski definition) is 1. The number of aliphatic imine (C=N–C) groups is 1. The van der Waals surface area contributed by atoms with E-state index in [1.165, 1.54) is 6.07 Å². The average molecular weight is 382 g/mol. The molecule has 0 aliphatic carbocycles. The minimum atomic E-state index is -0.194. The van der Waals surface area contributed by atoms with E-state index in [4.69, 9.17) is 11.6 Å². The highest BCUT2D eigenvalue weighted by Gasteiger charge is 2.16. The van der Waals surface area contributed by atoms with E-state index < -0.39 is 0 Å². The summed E-state index contributed by atoms with van der Waals surface area (Å²) >= 11 is 9.66. The maximum Gasteiger partial charge on any atom is 0.128 e. The van der Waals surface area contributed by atoms with E-state index >= 15 is 0 Å². The maximum absolute atomic E-state index is 14.3. The van der Waals surface area contributed by atoms with Gasteiger partial charge in [-0.1, -0.05) is 39.7 Å². The number of rotatable bonds is 4. The first-order chi connectivity index (χ1) is 10.6. The van der Waals surface area contributed by atoms with Gasteiger partial charge in [0, 0.05) is 21.6 Å². The quantitative estimate of drug-likeness (QED) is 0.835. The third kappa shape index (κ3) is 3.33. The molecule has 1 N–H and O–H groups in total. The Kier molecular flexibility index (Phi) is 4.79. The first-order valence-electron chi connectivity index (χ1n) is 7.15. The first-order valence-corrected chi connectivity index (χ1v) is 8.32. The standard InChI is InChI=1S/C17H15BrClFN2/c18-12-5-7-15(19)11(10-12)4-6-13-14(2-1-3-16(13)20)17-21-8-9-22-17/h1-3,5,7,10H,4,6,8-9H2,(H,21,22). The zero-order chi connectivity index (χ0) is 15.5. The van der Waals surface area contributed by atoms with Gasteiger partial charge in [-0.15, -0.1) is 0 Å². The molecule has 2 aromatic carbocycles. The first kappa shape index (κ1) is 15.5. The van der Waals surface area contributed by atoms with E-state index in [-0.39, 0.29) is 5.82 Å². The molecule has 0 spiro atoms. The summed E-state index contributed by atoms with van der Waals surface area (Å²) in [6.07, 6.45) is 1.26. The summed E-state index contributed by atoms with van der Waals surface area (Å²) in [6, 6.07) is 10.9. The molecule has 22 heavy (non-hydrogen) atoms. The van der Waals surface area contributed by atoms with Gasteiger partial charge in [0.05, 0.1) is 6.54 Å². The molecule has 3 rings (SSSR count). The lowest BCUT2D eigenvalue weighted by molar-refractivity contribution is 0.608. The molecule has 114 valence electrons. The molecule has 0 saturated carbocycles. The topological polar surface area (TPSA) is 24.4 Å². The van der Waals surface area contributed by atoms with Crippen molar-refractivity contribution in [2.24, 2.45) is 4.99 Å². The molecule has 0 unspecified atom stereocenters. The van der Waals surface area contributed by atoms with Crippen LogP contribution in [0, 0.1) is 5.82 Å². The number of nitrogens with zero attached hydrogens (tertiary/aromatic N) is 1. The predicted octanol–water partition coefficient (Wildman–Crippen LogP) is 4.38. The monoisotopic (exact) mass is 380 g/mol. The van der Waals surface area contributed by atoms with Gasteiger partial charge in [0.2, 0.25) is 0 Å². The molecule has 2 nitrogen and oxygen atoms in total. The van der Waals surface area contributed by atoms with Crippen molar-refractivity contribution in [2.75, 3.05) is 13.1 Å². The summed E-state index contributed by atoms with van der Waals surface area (Å²) in [5.41, 5.74) is 2.54. The summed E-state index contributed by atoms with van der Waals surface area (Å²) < 4.78 is 15.2. The van der Waals surface area contributed by atoms with Crippen molar-refractivity contribution in [2.45, 2.75) is 12.8 Å². The number of hydrogen-bond acceptors (Lipinski definition) is 2. The van der Waals surface area contributed by atoms with E-state index in [0.717, 1.165) is 34.5 Å². The molecule has 0 saturated heterocycles. The van der Waals surface area contributed by atoms with Gasteiger partial charge in [-0.25, -0.2) is 4.39 Å². The number of benzene rings is 2. The lowest BCUT2D eigenvalue weighted by atomic mass is 9.98. The molecular weight excluding hydrogens is 367 g/mol. The van der Waals surface area contributed by atoms with E-state index in [9.17, 15) is 4.39 Å². The van der Waals surface area contributed by atoms with Gasteiger partial charge in [-0.05, 0) is 48.2 Å². The lowest BCUT2D eigenvalue weighted by Crippen LogP contribution is -2.21. The van der Waals surface area contributed by atoms with Crippen LogP contribution < -0.4 is 5.32 Å². The molecule has 1 heterocycles. The van der Waals surface area contributed by atoms with Crippen molar-refractivity contribution in [3.8, 4) is 0 Å². The van der Waals surface area contributed by atoms with Gasteiger partial charge in [0.25, 0.3) is 0 Å². The molecule has 1 aliphatic rings. The summed E-state index contributed by atoms with van der Waals surface area (Å²) in [5, 5.41) is 3.91. The van der Waals surface area contributed by atoms with Crippen molar-refractivity contribution >= 4 is 33.4 Å². The zero-order valence-corrected chi connectivity index (χ0v) is 14.2. The molecule has 0 amide bonds. The zero-order valence-electron chi connectivity index (χ0n) is 11.9. The summed E-state index contributed by atoms with van der Waals surface area (Å²) in [6.45, 7) is 1.55. The Morgan fingerprint density at radius 2 is 2.09 bits per heavy atom. The molecule has 0 radical (unpaired) electrons. The smallest absolute Gasteiger partial charge is 0.128 e. The molecule has 1 aliphatic heterocycles. The SMILES string of the molecule is Fc1cccc(C2=NCCN2)c1CCc1cc(Br)ccc1Cl. The minimum Gasteiger partial charge on any atom is -0.368 e. The van der Waals surface area contributed by atoms with Crippen molar-refractivity contribution < 1.29 is 4.39 Å². The highest BCUT2D eigenvalue weighted by molar-refractivity contribution is 9.10. The van der Waals surface area contributed by atoms with Crippen LogP contribution in [-0.4, -0.2) is 18.9 Å². The van der Waals surface area contributed by atoms with E-state index in [2.05, 4.69) is 26.2 Å². The second-order valence-electron chi connectivity index (χ2n) is 5.16. The Morgan fingerprint density at radius 1 is 1.23 bits per heavy atom. The Morgan fingerprint density at radius 3 is 2.86 bits per heavy atom. The maximum atomic E-state index is 14.3. The van der Waals surface area contributed by atoms with Crippen LogP contribution in [0.1, 0.15) is 16.7 Å². The van der Waals surface area contributed by atoms with Crippen LogP contribution in [0.25, 0.3) is 0 Å². The second-order valence-corrected chi connectivity index (χ2v) is 6.48. The predicted molar refractivity (Wildman–Crippen MR) is 92.4 cm³/mol. The number of amidine groups is 1. The van der Waals surface area contributed by atoms with E-state index in [0.29, 0.717) is 23.4 Å². The molecule has 0 aromatic heterocycles. The third-order valence-corrected chi connectivity index (χ3v) is 4.56. The Labute approximate surface area is 142 Å². The molecule has 0 atom stereocenters. The fraction of sp³-hybridized carbons (Fsp3) is 0.235. The molecule has 5 heteroatoms. The van der Waals surface area contributed by atoms with Gasteiger partial charge >= 0.3 is 0 Å². The highest BCUT2D eigenvalue weighted by atomic mass is 79.9. The van der Waals surface area contributed by atoms with E-state index in [1.54, 1.807) is 6.07 Å². The van der Waals surface area contributed by atoms with Crippen LogP contribution in [0.5, 0.6) is 0 Å². The summed E-state index contributed by atoms with van der Waals surface area (Å²) in [4.78, 5) is 4.40. The second kappa shape index (κ2) is 6.80. The van der Waals surface area contributed by atoms with E-state index in [1.807, 2.05) is 24.3 Å². The molecule has 2 aromatic rings. The number of halogens is 3. The highest BCUT2D eigenvalue weighted by Crippen LogP contribution is 2.24. The largest absolute Gasteiger partial charge is 0.368 e. The van der Waals surface area contributed by atoms with Gasteiger partial charge in [-0.2, -0.15) is 0 Å². The van der Waals surface area contributed by atoms with Crippen molar-refractivity contribution in [1.29, 1.82) is 0 Å².